The molecule has 2 heterocycles. The third kappa shape index (κ3) is 5.48. The Hall–Kier alpha value is -2.34. The van der Waals surface area contributed by atoms with Gasteiger partial charge in [-0.15, -0.1) is 0 Å². The number of amides is 1. The third-order valence-corrected chi connectivity index (χ3v) is 6.69. The highest BCUT2D eigenvalue weighted by Gasteiger charge is 2.28. The molecule has 0 saturated carbocycles. The molecule has 4 rings (SSSR count). The quantitative estimate of drug-likeness (QED) is 0.368. The summed E-state index contributed by atoms with van der Waals surface area (Å²) in [5.74, 6) is 0.250. The SMILES string of the molecule is CCCN1CCc2c(c(CN(CC(C)C)C(=O)c3ccccc3Cl)nn2-c2cccc(Cl)c2)C1. The lowest BCUT2D eigenvalue weighted by Crippen LogP contribution is -2.35. The molecule has 0 atom stereocenters. The van der Waals surface area contributed by atoms with Crippen molar-refractivity contribution in [2.75, 3.05) is 19.6 Å². The first-order valence-corrected chi connectivity index (χ1v) is 12.7. The number of hydrogen-bond acceptors (Lipinski definition) is 3. The second-order valence-electron chi connectivity index (χ2n) is 9.35. The van der Waals surface area contributed by atoms with Crippen LogP contribution in [0, 0.1) is 5.92 Å². The van der Waals surface area contributed by atoms with Gasteiger partial charge in [0, 0.05) is 36.6 Å². The molecular formula is C27H32Cl2N4O. The van der Waals surface area contributed by atoms with Crippen LogP contribution in [0.5, 0.6) is 0 Å². The van der Waals surface area contributed by atoms with E-state index >= 15 is 0 Å². The van der Waals surface area contributed by atoms with E-state index in [1.165, 1.54) is 11.3 Å². The maximum Gasteiger partial charge on any atom is 0.255 e. The Morgan fingerprint density at radius 2 is 1.94 bits per heavy atom. The molecule has 0 N–H and O–H groups in total. The molecule has 0 fully saturated rings. The summed E-state index contributed by atoms with van der Waals surface area (Å²) in [5.41, 5.74) is 4.85. The number of benzene rings is 2. The standard InChI is InChI=1S/C27H32Cl2N4O/c1-4-13-31-14-12-26-23(17-31)25(30-33(26)21-9-7-8-20(28)15-21)18-32(16-19(2)3)27(34)22-10-5-6-11-24(22)29/h5-11,15,19H,4,12-14,16-18H2,1-3H3. The fraction of sp³-hybridized carbons (Fsp3) is 0.407. The van der Waals surface area contributed by atoms with Crippen LogP contribution in [0.2, 0.25) is 10.0 Å². The highest BCUT2D eigenvalue weighted by atomic mass is 35.5. The monoisotopic (exact) mass is 498 g/mol. The average Bonchev–Trinajstić information content (AvgIpc) is 3.16. The van der Waals surface area contributed by atoms with Crippen LogP contribution < -0.4 is 0 Å². The summed E-state index contributed by atoms with van der Waals surface area (Å²) in [5, 5.41) is 6.20. The van der Waals surface area contributed by atoms with Crippen LogP contribution in [0.15, 0.2) is 48.5 Å². The van der Waals surface area contributed by atoms with E-state index in [1.54, 1.807) is 12.1 Å². The van der Waals surface area contributed by atoms with E-state index in [-0.39, 0.29) is 5.91 Å². The minimum atomic E-state index is -0.0634. The minimum Gasteiger partial charge on any atom is -0.332 e. The van der Waals surface area contributed by atoms with Crippen molar-refractivity contribution in [1.82, 2.24) is 19.6 Å². The molecule has 0 bridgehead atoms. The maximum absolute atomic E-state index is 13.5. The van der Waals surface area contributed by atoms with Gasteiger partial charge in [0.1, 0.15) is 0 Å². The molecule has 34 heavy (non-hydrogen) atoms. The van der Waals surface area contributed by atoms with Crippen molar-refractivity contribution in [2.24, 2.45) is 5.92 Å². The Morgan fingerprint density at radius 1 is 1.15 bits per heavy atom. The van der Waals surface area contributed by atoms with Gasteiger partial charge in [0.05, 0.1) is 34.2 Å². The van der Waals surface area contributed by atoms with Crippen molar-refractivity contribution < 1.29 is 4.79 Å². The summed E-state index contributed by atoms with van der Waals surface area (Å²) in [7, 11) is 0. The van der Waals surface area contributed by atoms with Crippen molar-refractivity contribution in [3.63, 3.8) is 0 Å². The van der Waals surface area contributed by atoms with Crippen LogP contribution >= 0.6 is 23.2 Å². The lowest BCUT2D eigenvalue weighted by molar-refractivity contribution is 0.0719. The zero-order valence-corrected chi connectivity index (χ0v) is 21.6. The van der Waals surface area contributed by atoms with Gasteiger partial charge in [0.15, 0.2) is 0 Å². The van der Waals surface area contributed by atoms with Gasteiger partial charge in [0.2, 0.25) is 0 Å². The molecule has 3 aromatic rings. The first-order valence-electron chi connectivity index (χ1n) is 12.0. The molecule has 0 aliphatic carbocycles. The molecule has 180 valence electrons. The molecule has 5 nitrogen and oxygen atoms in total. The van der Waals surface area contributed by atoms with Crippen LogP contribution in [0.4, 0.5) is 0 Å². The van der Waals surface area contributed by atoms with Crippen molar-refractivity contribution in [3.05, 3.63) is 81.1 Å². The van der Waals surface area contributed by atoms with Gasteiger partial charge in [-0.1, -0.05) is 62.2 Å². The largest absolute Gasteiger partial charge is 0.332 e. The molecule has 0 radical (unpaired) electrons. The maximum atomic E-state index is 13.5. The van der Waals surface area contributed by atoms with Crippen molar-refractivity contribution >= 4 is 29.1 Å². The average molecular weight is 499 g/mol. The molecule has 2 aromatic carbocycles. The zero-order valence-electron chi connectivity index (χ0n) is 20.1. The Labute approximate surface area is 212 Å². The van der Waals surface area contributed by atoms with Gasteiger partial charge in [-0.05, 0) is 49.2 Å². The number of halogens is 2. The van der Waals surface area contributed by atoms with E-state index in [4.69, 9.17) is 28.3 Å². The summed E-state index contributed by atoms with van der Waals surface area (Å²) >= 11 is 12.7. The van der Waals surface area contributed by atoms with Gasteiger partial charge in [0.25, 0.3) is 5.91 Å². The topological polar surface area (TPSA) is 41.4 Å². The van der Waals surface area contributed by atoms with Crippen LogP contribution in [0.1, 0.15) is 54.5 Å². The summed E-state index contributed by atoms with van der Waals surface area (Å²) in [4.78, 5) is 17.9. The molecule has 0 spiro atoms. The fourth-order valence-electron chi connectivity index (χ4n) is 4.64. The fourth-order valence-corrected chi connectivity index (χ4v) is 5.04. The van der Waals surface area contributed by atoms with Gasteiger partial charge in [-0.25, -0.2) is 4.68 Å². The smallest absolute Gasteiger partial charge is 0.255 e. The van der Waals surface area contributed by atoms with Gasteiger partial charge in [-0.2, -0.15) is 5.10 Å². The number of carbonyl (C=O) groups excluding carboxylic acids is 1. The van der Waals surface area contributed by atoms with Crippen LogP contribution in [-0.2, 0) is 19.5 Å². The summed E-state index contributed by atoms with van der Waals surface area (Å²) in [6.45, 7) is 10.4. The Morgan fingerprint density at radius 3 is 2.65 bits per heavy atom. The third-order valence-electron chi connectivity index (χ3n) is 6.13. The van der Waals surface area contributed by atoms with E-state index in [0.29, 0.717) is 34.6 Å². The van der Waals surface area contributed by atoms with E-state index in [9.17, 15) is 4.79 Å². The zero-order chi connectivity index (χ0) is 24.2. The van der Waals surface area contributed by atoms with Gasteiger partial charge in [-0.3, -0.25) is 9.69 Å². The van der Waals surface area contributed by atoms with E-state index < -0.39 is 0 Å². The molecule has 1 amide bonds. The Balaban J connectivity index is 1.74. The van der Waals surface area contributed by atoms with Gasteiger partial charge >= 0.3 is 0 Å². The molecule has 1 aromatic heterocycles. The van der Waals surface area contributed by atoms with Crippen molar-refractivity contribution in [2.45, 2.75) is 46.7 Å². The first kappa shape index (κ1) is 24.8. The van der Waals surface area contributed by atoms with Crippen molar-refractivity contribution in [3.8, 4) is 5.69 Å². The number of carbonyl (C=O) groups is 1. The summed E-state index contributed by atoms with van der Waals surface area (Å²) in [6, 6.07) is 15.0. The Kier molecular flexibility index (Phi) is 7.97. The first-order chi connectivity index (χ1) is 16.4. The number of rotatable bonds is 8. The molecule has 0 unspecified atom stereocenters. The minimum absolute atomic E-state index is 0.0634. The molecular weight excluding hydrogens is 467 g/mol. The lowest BCUT2D eigenvalue weighted by atomic mass is 10.0. The molecule has 0 saturated heterocycles. The summed E-state index contributed by atoms with van der Waals surface area (Å²) < 4.78 is 2.02. The van der Waals surface area contributed by atoms with E-state index in [1.807, 2.05) is 46.0 Å². The number of hydrogen-bond donors (Lipinski definition) is 0. The van der Waals surface area contributed by atoms with Crippen LogP contribution in [0.3, 0.4) is 0 Å². The second kappa shape index (κ2) is 10.9. The second-order valence-corrected chi connectivity index (χ2v) is 10.2. The van der Waals surface area contributed by atoms with Crippen LogP contribution in [0.25, 0.3) is 5.69 Å². The summed E-state index contributed by atoms with van der Waals surface area (Å²) in [6.07, 6.45) is 2.02. The predicted molar refractivity (Wildman–Crippen MR) is 139 cm³/mol. The van der Waals surface area contributed by atoms with Crippen LogP contribution in [-0.4, -0.2) is 45.1 Å². The Bertz CT molecular complexity index is 1160. The normalized spacial score (nSPS) is 13.8. The number of nitrogens with zero attached hydrogens (tertiary/aromatic N) is 4. The molecule has 1 aliphatic rings. The highest BCUT2D eigenvalue weighted by Crippen LogP contribution is 2.28. The predicted octanol–water partition coefficient (Wildman–Crippen LogP) is 6.25. The van der Waals surface area contributed by atoms with E-state index in [0.717, 1.165) is 43.9 Å². The molecule has 7 heteroatoms. The molecule has 1 aliphatic heterocycles. The van der Waals surface area contributed by atoms with E-state index in [2.05, 4.69) is 25.7 Å². The number of fused-ring (bicyclic) bond motifs is 1. The van der Waals surface area contributed by atoms with Crippen molar-refractivity contribution in [1.29, 1.82) is 0 Å². The van der Waals surface area contributed by atoms with Gasteiger partial charge < -0.3 is 4.90 Å². The lowest BCUT2D eigenvalue weighted by Gasteiger charge is -2.28. The number of aromatic nitrogens is 2. The highest BCUT2D eigenvalue weighted by molar-refractivity contribution is 6.33.